The average Bonchev–Trinajstić information content (AvgIpc) is 2.34. The molecule has 0 saturated heterocycles. The summed E-state index contributed by atoms with van der Waals surface area (Å²) in [7, 11) is 0. The van der Waals surface area contributed by atoms with Crippen LogP contribution in [0.1, 0.15) is 5.69 Å². The van der Waals surface area contributed by atoms with E-state index >= 15 is 0 Å². The summed E-state index contributed by atoms with van der Waals surface area (Å²) in [5, 5.41) is 15.7. The van der Waals surface area contributed by atoms with Crippen molar-refractivity contribution in [3.05, 3.63) is 11.9 Å². The molecule has 0 fully saturated rings. The molecule has 11 heavy (non-hydrogen) atoms. The maximum Gasteiger partial charge on any atom is 0.239 e. The zero-order valence-electron chi connectivity index (χ0n) is 5.77. The molecule has 6 heteroatoms. The Morgan fingerprint density at radius 1 is 1.82 bits per heavy atom. The van der Waals surface area contributed by atoms with E-state index < -0.39 is 5.91 Å². The average molecular weight is 156 g/mol. The smallest absolute Gasteiger partial charge is 0.239 e. The highest BCUT2D eigenvalue weighted by molar-refractivity contribution is 5.73. The van der Waals surface area contributed by atoms with Crippen LogP contribution < -0.4 is 5.73 Å². The van der Waals surface area contributed by atoms with E-state index in [-0.39, 0.29) is 13.2 Å². The van der Waals surface area contributed by atoms with Gasteiger partial charge in [0.2, 0.25) is 5.91 Å². The molecule has 0 unspecified atom stereocenters. The van der Waals surface area contributed by atoms with Gasteiger partial charge >= 0.3 is 0 Å². The maximum absolute atomic E-state index is 10.4. The third-order valence-corrected chi connectivity index (χ3v) is 1.17. The first-order valence-corrected chi connectivity index (χ1v) is 3.00. The number of carbonyl (C=O) groups is 1. The number of aliphatic hydroxyl groups excluding tert-OH is 1. The zero-order valence-corrected chi connectivity index (χ0v) is 5.77. The van der Waals surface area contributed by atoms with E-state index in [0.717, 1.165) is 0 Å². The summed E-state index contributed by atoms with van der Waals surface area (Å²) in [4.78, 5) is 10.4. The second-order valence-electron chi connectivity index (χ2n) is 2.01. The largest absolute Gasteiger partial charge is 0.390 e. The molecule has 0 aliphatic rings. The van der Waals surface area contributed by atoms with Crippen molar-refractivity contribution in [2.45, 2.75) is 13.2 Å². The molecule has 0 bridgehead atoms. The molecule has 3 N–H and O–H groups in total. The first kappa shape index (κ1) is 7.67. The van der Waals surface area contributed by atoms with E-state index in [4.69, 9.17) is 10.8 Å². The highest BCUT2D eigenvalue weighted by Gasteiger charge is 2.03. The van der Waals surface area contributed by atoms with Crippen LogP contribution in [-0.4, -0.2) is 26.0 Å². The fraction of sp³-hybridized carbons (Fsp3) is 0.400. The van der Waals surface area contributed by atoms with Crippen LogP contribution in [-0.2, 0) is 17.9 Å². The molecule has 0 spiro atoms. The summed E-state index contributed by atoms with van der Waals surface area (Å²) in [6.07, 6.45) is 1.38. The van der Waals surface area contributed by atoms with E-state index in [0.29, 0.717) is 5.69 Å². The van der Waals surface area contributed by atoms with E-state index in [2.05, 4.69) is 10.3 Å². The maximum atomic E-state index is 10.4. The minimum absolute atomic E-state index is 0.0457. The fourth-order valence-corrected chi connectivity index (χ4v) is 0.682. The molecule has 0 aliphatic heterocycles. The lowest BCUT2D eigenvalue weighted by molar-refractivity contribution is -0.118. The van der Waals surface area contributed by atoms with Crippen LogP contribution in [0.25, 0.3) is 0 Å². The van der Waals surface area contributed by atoms with Crippen LogP contribution in [0.15, 0.2) is 6.20 Å². The number of aliphatic hydroxyl groups is 1. The molecule has 1 rings (SSSR count). The van der Waals surface area contributed by atoms with Gasteiger partial charge in [0, 0.05) is 0 Å². The van der Waals surface area contributed by atoms with E-state index in [9.17, 15) is 4.79 Å². The SMILES string of the molecule is NC(=O)Cn1nncc1CO. The summed E-state index contributed by atoms with van der Waals surface area (Å²) in [6, 6.07) is 0. The lowest BCUT2D eigenvalue weighted by Gasteiger charge is -1.98. The number of hydrogen-bond donors (Lipinski definition) is 2. The molecular formula is C5H8N4O2. The Labute approximate surface area is 62.6 Å². The van der Waals surface area contributed by atoms with Crippen LogP contribution in [0.4, 0.5) is 0 Å². The van der Waals surface area contributed by atoms with Gasteiger partial charge in [-0.3, -0.25) is 4.79 Å². The molecule has 0 aromatic carbocycles. The van der Waals surface area contributed by atoms with E-state index in [1.54, 1.807) is 0 Å². The summed E-state index contributed by atoms with van der Waals surface area (Å²) in [6.45, 7) is -0.240. The van der Waals surface area contributed by atoms with Gasteiger partial charge in [-0.15, -0.1) is 5.10 Å². The van der Waals surface area contributed by atoms with Crippen molar-refractivity contribution >= 4 is 5.91 Å². The lowest BCUT2D eigenvalue weighted by atomic mass is 10.5. The molecule has 60 valence electrons. The van der Waals surface area contributed by atoms with Gasteiger partial charge in [-0.2, -0.15) is 0 Å². The van der Waals surface area contributed by atoms with Gasteiger partial charge in [0.15, 0.2) is 0 Å². The molecule has 6 nitrogen and oxygen atoms in total. The molecule has 0 saturated carbocycles. The molecule has 1 heterocycles. The van der Waals surface area contributed by atoms with Gasteiger partial charge < -0.3 is 10.8 Å². The van der Waals surface area contributed by atoms with E-state index in [1.807, 2.05) is 0 Å². The van der Waals surface area contributed by atoms with Gasteiger partial charge in [-0.05, 0) is 0 Å². The van der Waals surface area contributed by atoms with Gasteiger partial charge in [0.25, 0.3) is 0 Å². The molecule has 1 aromatic heterocycles. The lowest BCUT2D eigenvalue weighted by Crippen LogP contribution is -2.20. The molecule has 0 radical (unpaired) electrons. The van der Waals surface area contributed by atoms with Crippen LogP contribution in [0.2, 0.25) is 0 Å². The van der Waals surface area contributed by atoms with Crippen molar-refractivity contribution in [1.29, 1.82) is 0 Å². The standard InChI is InChI=1S/C5H8N4O2/c6-5(11)2-9-4(3-10)1-7-8-9/h1,10H,2-3H2,(H2,6,11). The van der Waals surface area contributed by atoms with Gasteiger partial charge in [0.1, 0.15) is 6.54 Å². The number of primary amides is 1. The van der Waals surface area contributed by atoms with Crippen molar-refractivity contribution < 1.29 is 9.90 Å². The van der Waals surface area contributed by atoms with Crippen molar-refractivity contribution in [2.75, 3.05) is 0 Å². The van der Waals surface area contributed by atoms with E-state index in [1.165, 1.54) is 10.9 Å². The number of amides is 1. The van der Waals surface area contributed by atoms with Crippen LogP contribution in [0.5, 0.6) is 0 Å². The Bertz CT molecular complexity index is 257. The predicted octanol–water partition coefficient (Wildman–Crippen LogP) is -1.74. The van der Waals surface area contributed by atoms with Gasteiger partial charge in [-0.1, -0.05) is 5.21 Å². The molecular weight excluding hydrogens is 148 g/mol. The Kier molecular flexibility index (Phi) is 2.17. The third-order valence-electron chi connectivity index (χ3n) is 1.17. The highest BCUT2D eigenvalue weighted by Crippen LogP contribution is 1.93. The second-order valence-corrected chi connectivity index (χ2v) is 2.01. The second kappa shape index (κ2) is 3.11. The fourth-order valence-electron chi connectivity index (χ4n) is 0.682. The summed E-state index contributed by atoms with van der Waals surface area (Å²) >= 11 is 0. The normalized spacial score (nSPS) is 9.91. The Morgan fingerprint density at radius 3 is 3.09 bits per heavy atom. The Balaban J connectivity index is 2.76. The number of carbonyl (C=O) groups excluding carboxylic acids is 1. The summed E-state index contributed by atoms with van der Waals surface area (Å²) < 4.78 is 1.25. The number of hydrogen-bond acceptors (Lipinski definition) is 4. The monoisotopic (exact) mass is 156 g/mol. The van der Waals surface area contributed by atoms with Crippen molar-refractivity contribution in [2.24, 2.45) is 5.73 Å². The number of rotatable bonds is 3. The minimum Gasteiger partial charge on any atom is -0.390 e. The quantitative estimate of drug-likeness (QED) is 0.543. The van der Waals surface area contributed by atoms with Gasteiger partial charge in [-0.25, -0.2) is 4.68 Å². The van der Waals surface area contributed by atoms with Crippen LogP contribution in [0.3, 0.4) is 0 Å². The molecule has 1 aromatic rings. The molecule has 1 amide bonds. The Morgan fingerprint density at radius 2 is 2.55 bits per heavy atom. The third kappa shape index (κ3) is 1.74. The van der Waals surface area contributed by atoms with Crippen molar-refractivity contribution in [3.8, 4) is 0 Å². The summed E-state index contributed by atoms with van der Waals surface area (Å²) in [5.74, 6) is -0.509. The van der Waals surface area contributed by atoms with Crippen LogP contribution in [0, 0.1) is 0 Å². The number of aromatic nitrogens is 3. The topological polar surface area (TPSA) is 94.0 Å². The predicted molar refractivity (Wildman–Crippen MR) is 35.1 cm³/mol. The number of nitrogens with two attached hydrogens (primary N) is 1. The highest BCUT2D eigenvalue weighted by atomic mass is 16.3. The zero-order chi connectivity index (χ0) is 8.27. The first-order chi connectivity index (χ1) is 5.24. The Hall–Kier alpha value is -1.43. The van der Waals surface area contributed by atoms with Crippen LogP contribution >= 0.6 is 0 Å². The molecule has 0 atom stereocenters. The van der Waals surface area contributed by atoms with Gasteiger partial charge in [0.05, 0.1) is 18.5 Å². The minimum atomic E-state index is -0.509. The van der Waals surface area contributed by atoms with Crippen molar-refractivity contribution in [3.63, 3.8) is 0 Å². The molecule has 0 aliphatic carbocycles. The van der Waals surface area contributed by atoms with Crippen molar-refractivity contribution in [1.82, 2.24) is 15.0 Å². The summed E-state index contributed by atoms with van der Waals surface area (Å²) in [5.41, 5.74) is 5.37. The number of nitrogens with zero attached hydrogens (tertiary/aromatic N) is 3. The first-order valence-electron chi connectivity index (χ1n) is 3.00.